The molecule has 122 valence electrons. The number of nitrogens with zero attached hydrogens (tertiary/aromatic N) is 2. The molecule has 4 nitrogen and oxygen atoms in total. The molecule has 2 aliphatic heterocycles. The predicted octanol–water partition coefficient (Wildman–Crippen LogP) is 1.83. The van der Waals surface area contributed by atoms with E-state index in [2.05, 4.69) is 48.8 Å². The molecule has 0 saturated carbocycles. The Kier molecular flexibility index (Phi) is 4.71. The van der Waals surface area contributed by atoms with Crippen molar-refractivity contribution in [3.63, 3.8) is 0 Å². The average molecular weight is 304 g/mol. The summed E-state index contributed by atoms with van der Waals surface area (Å²) in [5.41, 5.74) is 4.00. The zero-order valence-electron chi connectivity index (χ0n) is 14.0. The number of aryl methyl sites for hydroxylation is 1. The lowest BCUT2D eigenvalue weighted by Gasteiger charge is -2.37. The molecule has 22 heavy (non-hydrogen) atoms. The number of β-amino-alcohol motifs (C(OH)–C–C–N with tert-alkyl or cyclic N) is 1. The summed E-state index contributed by atoms with van der Waals surface area (Å²) in [7, 11) is 0. The molecule has 1 fully saturated rings. The van der Waals surface area contributed by atoms with E-state index in [1.165, 1.54) is 16.8 Å². The minimum absolute atomic E-state index is 0.256. The second-order valence-electron chi connectivity index (χ2n) is 6.96. The molecule has 1 N–H and O–H groups in total. The van der Waals surface area contributed by atoms with E-state index < -0.39 is 0 Å². The molecule has 0 spiro atoms. The van der Waals surface area contributed by atoms with Crippen LogP contribution in [0.15, 0.2) is 18.2 Å². The highest BCUT2D eigenvalue weighted by molar-refractivity contribution is 5.59. The predicted molar refractivity (Wildman–Crippen MR) is 89.6 cm³/mol. The van der Waals surface area contributed by atoms with Crippen molar-refractivity contribution in [2.45, 2.75) is 45.5 Å². The topological polar surface area (TPSA) is 35.9 Å². The van der Waals surface area contributed by atoms with Crippen LogP contribution >= 0.6 is 0 Å². The third kappa shape index (κ3) is 3.62. The van der Waals surface area contributed by atoms with E-state index in [-0.39, 0.29) is 18.3 Å². The first-order chi connectivity index (χ1) is 10.5. The van der Waals surface area contributed by atoms with Crippen molar-refractivity contribution in [2.24, 2.45) is 0 Å². The highest BCUT2D eigenvalue weighted by Crippen LogP contribution is 2.29. The van der Waals surface area contributed by atoms with Crippen molar-refractivity contribution >= 4 is 5.69 Å². The van der Waals surface area contributed by atoms with E-state index in [0.29, 0.717) is 0 Å². The number of ether oxygens (including phenoxy) is 1. The zero-order chi connectivity index (χ0) is 15.7. The maximum atomic E-state index is 10.5. The van der Waals surface area contributed by atoms with Gasteiger partial charge in [0.05, 0.1) is 18.3 Å². The van der Waals surface area contributed by atoms with Gasteiger partial charge in [-0.1, -0.05) is 12.1 Å². The first kappa shape index (κ1) is 15.8. The SMILES string of the molecule is Cc1ccc2c(c1)N(CC(O)CN1CC(C)OC(C)C1)CC2. The van der Waals surface area contributed by atoms with Gasteiger partial charge in [0, 0.05) is 38.4 Å². The molecule has 3 rings (SSSR count). The number of aliphatic hydroxyl groups is 1. The quantitative estimate of drug-likeness (QED) is 0.920. The van der Waals surface area contributed by atoms with Crippen LogP contribution in [0.3, 0.4) is 0 Å². The summed E-state index contributed by atoms with van der Waals surface area (Å²) >= 11 is 0. The van der Waals surface area contributed by atoms with Gasteiger partial charge >= 0.3 is 0 Å². The number of morpholine rings is 1. The Morgan fingerprint density at radius 1 is 1.23 bits per heavy atom. The lowest BCUT2D eigenvalue weighted by molar-refractivity contribution is -0.0758. The molecule has 0 radical (unpaired) electrons. The van der Waals surface area contributed by atoms with Crippen LogP contribution in [0.25, 0.3) is 0 Å². The number of benzene rings is 1. The smallest absolute Gasteiger partial charge is 0.0841 e. The van der Waals surface area contributed by atoms with Crippen molar-refractivity contribution in [3.8, 4) is 0 Å². The third-order valence-electron chi connectivity index (χ3n) is 4.63. The van der Waals surface area contributed by atoms with Gasteiger partial charge in [0.25, 0.3) is 0 Å². The summed E-state index contributed by atoms with van der Waals surface area (Å²) in [6, 6.07) is 6.64. The summed E-state index contributed by atoms with van der Waals surface area (Å²) in [6.07, 6.45) is 1.29. The van der Waals surface area contributed by atoms with E-state index in [9.17, 15) is 5.11 Å². The summed E-state index contributed by atoms with van der Waals surface area (Å²) in [6.45, 7) is 10.6. The van der Waals surface area contributed by atoms with Crippen LogP contribution in [0.2, 0.25) is 0 Å². The molecule has 2 aliphatic rings. The fourth-order valence-corrected chi connectivity index (χ4v) is 3.79. The Morgan fingerprint density at radius 2 is 1.95 bits per heavy atom. The van der Waals surface area contributed by atoms with Crippen molar-refractivity contribution < 1.29 is 9.84 Å². The fraction of sp³-hybridized carbons (Fsp3) is 0.667. The van der Waals surface area contributed by atoms with Crippen molar-refractivity contribution in [2.75, 3.05) is 37.6 Å². The summed E-state index contributed by atoms with van der Waals surface area (Å²) < 4.78 is 5.76. The van der Waals surface area contributed by atoms with Gasteiger partial charge in [-0.15, -0.1) is 0 Å². The van der Waals surface area contributed by atoms with Gasteiger partial charge in [-0.05, 0) is 44.4 Å². The Bertz CT molecular complexity index is 510. The van der Waals surface area contributed by atoms with Gasteiger partial charge in [0.1, 0.15) is 0 Å². The van der Waals surface area contributed by atoms with Crippen molar-refractivity contribution in [1.82, 2.24) is 4.90 Å². The Labute approximate surface area is 133 Å². The molecule has 4 heteroatoms. The standard InChI is InChI=1S/C18H28N2O2/c1-13-4-5-16-6-7-20(18(16)8-13)12-17(21)11-19-9-14(2)22-15(3)10-19/h4-5,8,14-15,17,21H,6-7,9-12H2,1-3H3. The molecule has 1 aromatic carbocycles. The molecule has 0 aromatic heterocycles. The third-order valence-corrected chi connectivity index (χ3v) is 4.63. The van der Waals surface area contributed by atoms with Gasteiger partial charge in [-0.25, -0.2) is 0 Å². The van der Waals surface area contributed by atoms with Crippen molar-refractivity contribution in [3.05, 3.63) is 29.3 Å². The highest BCUT2D eigenvalue weighted by Gasteiger charge is 2.26. The summed E-state index contributed by atoms with van der Waals surface area (Å²) in [5.74, 6) is 0. The first-order valence-electron chi connectivity index (χ1n) is 8.41. The highest BCUT2D eigenvalue weighted by atomic mass is 16.5. The van der Waals surface area contributed by atoms with Crippen molar-refractivity contribution in [1.29, 1.82) is 0 Å². The molecule has 3 atom stereocenters. The molecule has 1 aromatic rings. The lowest BCUT2D eigenvalue weighted by Crippen LogP contribution is -2.49. The lowest BCUT2D eigenvalue weighted by atomic mass is 10.1. The van der Waals surface area contributed by atoms with E-state index in [4.69, 9.17) is 4.74 Å². The van der Waals surface area contributed by atoms with Gasteiger partial charge < -0.3 is 14.7 Å². The Hall–Kier alpha value is -1.10. The van der Waals surface area contributed by atoms with Crippen LogP contribution in [0.5, 0.6) is 0 Å². The number of hydrogen-bond acceptors (Lipinski definition) is 4. The fourth-order valence-electron chi connectivity index (χ4n) is 3.79. The largest absolute Gasteiger partial charge is 0.390 e. The number of fused-ring (bicyclic) bond motifs is 1. The number of rotatable bonds is 4. The molecular weight excluding hydrogens is 276 g/mol. The van der Waals surface area contributed by atoms with Crippen LogP contribution in [0, 0.1) is 6.92 Å². The minimum atomic E-state index is -0.316. The second-order valence-corrected chi connectivity index (χ2v) is 6.96. The number of aliphatic hydroxyl groups excluding tert-OH is 1. The van der Waals surface area contributed by atoms with Gasteiger partial charge in [-0.2, -0.15) is 0 Å². The summed E-state index contributed by atoms with van der Waals surface area (Å²) in [4.78, 5) is 4.66. The van der Waals surface area contributed by atoms with Gasteiger partial charge in [0.2, 0.25) is 0 Å². The van der Waals surface area contributed by atoms with E-state index in [0.717, 1.165) is 39.1 Å². The minimum Gasteiger partial charge on any atom is -0.390 e. The monoisotopic (exact) mass is 304 g/mol. The molecular formula is C18H28N2O2. The Morgan fingerprint density at radius 3 is 2.68 bits per heavy atom. The molecule has 0 bridgehead atoms. The van der Waals surface area contributed by atoms with E-state index in [1.807, 2.05) is 0 Å². The maximum Gasteiger partial charge on any atom is 0.0841 e. The van der Waals surface area contributed by atoms with Crippen LogP contribution < -0.4 is 4.90 Å². The van der Waals surface area contributed by atoms with E-state index >= 15 is 0 Å². The molecule has 2 heterocycles. The average Bonchev–Trinajstić information content (AvgIpc) is 2.80. The molecule has 0 amide bonds. The van der Waals surface area contributed by atoms with Crippen LogP contribution in [-0.4, -0.2) is 61.0 Å². The molecule has 1 saturated heterocycles. The van der Waals surface area contributed by atoms with Gasteiger partial charge in [-0.3, -0.25) is 4.90 Å². The normalized spacial score (nSPS) is 27.0. The molecule has 0 aliphatic carbocycles. The second kappa shape index (κ2) is 6.57. The van der Waals surface area contributed by atoms with Crippen LogP contribution in [0.4, 0.5) is 5.69 Å². The zero-order valence-corrected chi connectivity index (χ0v) is 14.0. The summed E-state index contributed by atoms with van der Waals surface area (Å²) in [5, 5.41) is 10.5. The van der Waals surface area contributed by atoms with Gasteiger partial charge in [0.15, 0.2) is 0 Å². The first-order valence-corrected chi connectivity index (χ1v) is 8.41. The van der Waals surface area contributed by atoms with Crippen LogP contribution in [-0.2, 0) is 11.2 Å². The molecule has 3 unspecified atom stereocenters. The maximum absolute atomic E-state index is 10.5. The van der Waals surface area contributed by atoms with E-state index in [1.54, 1.807) is 0 Å². The Balaban J connectivity index is 1.57. The van der Waals surface area contributed by atoms with Crippen LogP contribution in [0.1, 0.15) is 25.0 Å². The number of hydrogen-bond donors (Lipinski definition) is 1. The number of anilines is 1.